The molecule has 234 valence electrons. The highest BCUT2D eigenvalue weighted by atomic mass is 32.2. The number of anilines is 2. The van der Waals surface area contributed by atoms with E-state index in [1.807, 2.05) is 62.4 Å². The van der Waals surface area contributed by atoms with Crippen LogP contribution >= 0.6 is 0 Å². The van der Waals surface area contributed by atoms with Crippen LogP contribution in [0.4, 0.5) is 11.9 Å². The molecule has 0 saturated carbocycles. The lowest BCUT2D eigenvalue weighted by molar-refractivity contribution is -0.114. The van der Waals surface area contributed by atoms with E-state index < -0.39 is 66.3 Å². The van der Waals surface area contributed by atoms with Crippen molar-refractivity contribution in [2.75, 3.05) is 22.1 Å². The zero-order valence-corrected chi connectivity index (χ0v) is 25.7. The number of nitrogens with one attached hydrogen (secondary N) is 4. The number of aromatic amines is 2. The Labute approximate surface area is 257 Å². The lowest BCUT2D eigenvalue weighted by Crippen LogP contribution is -2.24. The summed E-state index contributed by atoms with van der Waals surface area (Å²) in [5.74, 6) is -5.81. The molecule has 2 amide bonds. The number of amides is 2. The fraction of sp³-hybridized carbons (Fsp3) is 0.214. The van der Waals surface area contributed by atoms with Crippen molar-refractivity contribution in [1.29, 1.82) is 0 Å². The van der Waals surface area contributed by atoms with Gasteiger partial charge in [0.15, 0.2) is 19.7 Å². The number of sulfone groups is 2. The molecule has 2 aromatic carbocycles. The molecule has 5 aromatic rings. The standard InChI is InChI=1S/C28H28N8O7S2/c1-17-3-7-19(8-4-17)21-11-29-27(31-21)33-23(37)13-44(39,40)15-25-35-36-26(43-25)16-45(41,42)14-24(38)34-28-30-12-22(32-28)20-9-5-18(2)6-10-20/h3-12H,13-16H2,1-2H3,(H2,29,31,33,37)(H2,30,32,34,38). The Morgan fingerprint density at radius 1 is 0.667 bits per heavy atom. The summed E-state index contributed by atoms with van der Waals surface area (Å²) in [5.41, 5.74) is 5.09. The SMILES string of the molecule is Cc1ccc(-c2cnc(NC(=O)CS(=O)(=O)Cc3nnc(CS(=O)(=O)CC(=O)Nc4ncc(-c5ccc(C)cc5)[nH]4)o3)[nH]2)cc1. The summed E-state index contributed by atoms with van der Waals surface area (Å²) in [6.07, 6.45) is 3.01. The molecule has 0 bridgehead atoms. The Bertz CT molecular complexity index is 1900. The fourth-order valence-corrected chi connectivity index (χ4v) is 6.28. The van der Waals surface area contributed by atoms with Gasteiger partial charge in [-0.05, 0) is 25.0 Å². The quantitative estimate of drug-likeness (QED) is 0.153. The van der Waals surface area contributed by atoms with Crippen molar-refractivity contribution < 1.29 is 30.8 Å². The first-order chi connectivity index (χ1) is 21.3. The highest BCUT2D eigenvalue weighted by Gasteiger charge is 2.25. The Kier molecular flexibility index (Phi) is 8.92. The van der Waals surface area contributed by atoms with Crippen molar-refractivity contribution in [3.63, 3.8) is 0 Å². The molecule has 0 saturated heterocycles. The minimum absolute atomic E-state index is 0.0684. The van der Waals surface area contributed by atoms with Gasteiger partial charge in [-0.3, -0.25) is 20.2 Å². The summed E-state index contributed by atoms with van der Waals surface area (Å²) < 4.78 is 55.5. The molecule has 17 heteroatoms. The molecule has 45 heavy (non-hydrogen) atoms. The van der Waals surface area contributed by atoms with Crippen LogP contribution in [-0.4, -0.2) is 70.3 Å². The van der Waals surface area contributed by atoms with Crippen molar-refractivity contribution in [3.05, 3.63) is 83.8 Å². The van der Waals surface area contributed by atoms with E-state index >= 15 is 0 Å². The first-order valence-corrected chi connectivity index (χ1v) is 17.0. The zero-order chi connectivity index (χ0) is 32.2. The number of H-pyrrole nitrogens is 2. The number of aryl methyl sites for hydroxylation is 2. The molecule has 3 aromatic heterocycles. The summed E-state index contributed by atoms with van der Waals surface area (Å²) in [6, 6.07) is 15.2. The van der Waals surface area contributed by atoms with Gasteiger partial charge in [0.25, 0.3) is 0 Å². The number of aromatic nitrogens is 6. The molecular weight excluding hydrogens is 624 g/mol. The fourth-order valence-electron chi connectivity index (χ4n) is 4.15. The van der Waals surface area contributed by atoms with E-state index in [9.17, 15) is 26.4 Å². The summed E-state index contributed by atoms with van der Waals surface area (Å²) in [7, 11) is -8.16. The molecule has 5 rings (SSSR count). The maximum atomic E-state index is 12.6. The molecule has 0 aliphatic rings. The van der Waals surface area contributed by atoms with E-state index in [0.717, 1.165) is 22.3 Å². The summed E-state index contributed by atoms with van der Waals surface area (Å²) in [4.78, 5) is 38.7. The number of carbonyl (C=O) groups excluding carboxylic acids is 2. The second-order valence-corrected chi connectivity index (χ2v) is 14.4. The second kappa shape index (κ2) is 12.8. The van der Waals surface area contributed by atoms with Crippen molar-refractivity contribution in [2.24, 2.45) is 0 Å². The van der Waals surface area contributed by atoms with E-state index in [2.05, 4.69) is 40.8 Å². The summed E-state index contributed by atoms with van der Waals surface area (Å²) in [6.45, 7) is 3.90. The number of imidazole rings is 2. The normalized spacial score (nSPS) is 11.8. The largest absolute Gasteiger partial charge is 0.423 e. The first-order valence-electron chi connectivity index (χ1n) is 13.4. The van der Waals surface area contributed by atoms with Crippen LogP contribution in [-0.2, 0) is 40.8 Å². The van der Waals surface area contributed by atoms with Crippen LogP contribution in [0.15, 0.2) is 65.3 Å². The molecular formula is C28H28N8O7S2. The van der Waals surface area contributed by atoms with Crippen LogP contribution in [0.2, 0.25) is 0 Å². The number of hydrogen-bond acceptors (Lipinski definition) is 11. The third-order valence-corrected chi connectivity index (χ3v) is 9.07. The number of rotatable bonds is 12. The molecule has 4 N–H and O–H groups in total. The highest BCUT2D eigenvalue weighted by molar-refractivity contribution is 7.91. The average molecular weight is 653 g/mol. The van der Waals surface area contributed by atoms with E-state index in [1.165, 1.54) is 12.4 Å². The Morgan fingerprint density at radius 2 is 1.04 bits per heavy atom. The molecule has 0 fully saturated rings. The Balaban J connectivity index is 1.11. The Hall–Kier alpha value is -5.16. The van der Waals surface area contributed by atoms with Gasteiger partial charge in [-0.25, -0.2) is 26.8 Å². The van der Waals surface area contributed by atoms with Gasteiger partial charge in [-0.2, -0.15) is 0 Å². The molecule has 0 atom stereocenters. The Morgan fingerprint density at radius 3 is 1.42 bits per heavy atom. The monoisotopic (exact) mass is 652 g/mol. The van der Waals surface area contributed by atoms with Crippen LogP contribution in [0.25, 0.3) is 22.5 Å². The van der Waals surface area contributed by atoms with Gasteiger partial charge in [-0.1, -0.05) is 59.7 Å². The molecule has 0 radical (unpaired) electrons. The van der Waals surface area contributed by atoms with E-state index in [4.69, 9.17) is 4.42 Å². The van der Waals surface area contributed by atoms with Gasteiger partial charge >= 0.3 is 0 Å². The minimum atomic E-state index is -4.08. The number of hydrogen-bond donors (Lipinski definition) is 4. The predicted molar refractivity (Wildman–Crippen MR) is 164 cm³/mol. The lowest BCUT2D eigenvalue weighted by Gasteiger charge is -2.03. The first kappa shape index (κ1) is 31.3. The van der Waals surface area contributed by atoms with Crippen LogP contribution in [0.3, 0.4) is 0 Å². The number of benzene rings is 2. The third-order valence-electron chi connectivity index (χ3n) is 6.29. The van der Waals surface area contributed by atoms with Crippen molar-refractivity contribution >= 4 is 43.4 Å². The minimum Gasteiger partial charge on any atom is -0.423 e. The van der Waals surface area contributed by atoms with Gasteiger partial charge < -0.3 is 14.4 Å². The molecule has 0 unspecified atom stereocenters. The smallest absolute Gasteiger partial charge is 0.241 e. The molecule has 0 aliphatic heterocycles. The van der Waals surface area contributed by atoms with Crippen molar-refractivity contribution in [1.82, 2.24) is 30.1 Å². The highest BCUT2D eigenvalue weighted by Crippen LogP contribution is 2.20. The van der Waals surface area contributed by atoms with Crippen molar-refractivity contribution in [2.45, 2.75) is 25.4 Å². The van der Waals surface area contributed by atoms with Gasteiger partial charge in [0.05, 0.1) is 23.8 Å². The maximum Gasteiger partial charge on any atom is 0.241 e. The lowest BCUT2D eigenvalue weighted by atomic mass is 10.1. The van der Waals surface area contributed by atoms with Crippen LogP contribution in [0.1, 0.15) is 22.9 Å². The van der Waals surface area contributed by atoms with E-state index in [1.54, 1.807) is 0 Å². The zero-order valence-electron chi connectivity index (χ0n) is 24.1. The molecule has 0 spiro atoms. The second-order valence-electron chi connectivity index (χ2n) is 10.3. The number of carbonyl (C=O) groups is 2. The van der Waals surface area contributed by atoms with Gasteiger partial charge in [0, 0.05) is 0 Å². The van der Waals surface area contributed by atoms with Gasteiger partial charge in [0.2, 0.25) is 35.5 Å². The topological polar surface area (TPSA) is 223 Å². The third kappa shape index (κ3) is 8.70. The summed E-state index contributed by atoms with van der Waals surface area (Å²) in [5, 5.41) is 11.9. The molecule has 15 nitrogen and oxygen atoms in total. The van der Waals surface area contributed by atoms with E-state index in [0.29, 0.717) is 11.4 Å². The van der Waals surface area contributed by atoms with Crippen LogP contribution in [0.5, 0.6) is 0 Å². The predicted octanol–water partition coefficient (Wildman–Crippen LogP) is 2.57. The van der Waals surface area contributed by atoms with E-state index in [-0.39, 0.29) is 11.9 Å². The van der Waals surface area contributed by atoms with Crippen LogP contribution < -0.4 is 10.6 Å². The number of nitrogens with zero attached hydrogens (tertiary/aromatic N) is 4. The van der Waals surface area contributed by atoms with Crippen molar-refractivity contribution in [3.8, 4) is 22.5 Å². The van der Waals surface area contributed by atoms with Gasteiger partial charge in [0.1, 0.15) is 23.0 Å². The maximum absolute atomic E-state index is 12.6. The molecule has 3 heterocycles. The van der Waals surface area contributed by atoms with Crippen LogP contribution in [0, 0.1) is 13.8 Å². The van der Waals surface area contributed by atoms with Gasteiger partial charge in [-0.15, -0.1) is 10.2 Å². The molecule has 0 aliphatic carbocycles. The average Bonchev–Trinajstić information content (AvgIpc) is 3.70. The summed E-state index contributed by atoms with van der Waals surface area (Å²) >= 11 is 0.